The number of imidazole rings is 1. The lowest BCUT2D eigenvalue weighted by Crippen LogP contribution is -2.20. The van der Waals surface area contributed by atoms with Gasteiger partial charge in [0.1, 0.15) is 17.4 Å². The minimum absolute atomic E-state index is 0.0991. The smallest absolute Gasteiger partial charge is 0.244 e. The zero-order valence-electron chi connectivity index (χ0n) is 12.0. The third-order valence-electron chi connectivity index (χ3n) is 3.03. The minimum atomic E-state index is -0.0991. The summed E-state index contributed by atoms with van der Waals surface area (Å²) in [7, 11) is 0. The molecule has 3 N–H and O–H groups in total. The highest BCUT2D eigenvalue weighted by atomic mass is 32.1. The molecule has 0 saturated carbocycles. The van der Waals surface area contributed by atoms with Gasteiger partial charge in [-0.3, -0.25) is 4.79 Å². The first-order valence-corrected chi connectivity index (χ1v) is 7.09. The molecule has 1 aromatic heterocycles. The van der Waals surface area contributed by atoms with Gasteiger partial charge in [0.05, 0.1) is 0 Å². The maximum absolute atomic E-state index is 12.1. The van der Waals surface area contributed by atoms with Crippen LogP contribution in [0, 0.1) is 0 Å². The lowest BCUT2D eigenvalue weighted by atomic mass is 10.2. The van der Waals surface area contributed by atoms with Crippen LogP contribution in [0.2, 0.25) is 0 Å². The van der Waals surface area contributed by atoms with Crippen LogP contribution in [0.3, 0.4) is 0 Å². The molecule has 0 saturated heterocycles. The molecule has 1 heterocycles. The maximum atomic E-state index is 12.1. The number of hydrogen-bond donors (Lipinski definition) is 2. The third-order valence-corrected chi connectivity index (χ3v) is 3.27. The second-order valence-electron chi connectivity index (χ2n) is 5.06. The largest absolute Gasteiger partial charge is 0.389 e. The van der Waals surface area contributed by atoms with E-state index < -0.39 is 0 Å². The number of carbonyl (C=O) groups is 1. The summed E-state index contributed by atoms with van der Waals surface area (Å²) in [6.45, 7) is 4.33. The summed E-state index contributed by atoms with van der Waals surface area (Å²) in [5.41, 5.74) is 7.03. The topological polar surface area (TPSA) is 72.9 Å². The van der Waals surface area contributed by atoms with Crippen molar-refractivity contribution in [3.05, 3.63) is 48.0 Å². The molecule has 0 aliphatic rings. The lowest BCUT2D eigenvalue weighted by Gasteiger charge is -2.11. The molecule has 0 spiro atoms. The van der Waals surface area contributed by atoms with Gasteiger partial charge in [0.15, 0.2) is 0 Å². The van der Waals surface area contributed by atoms with Crippen molar-refractivity contribution in [2.24, 2.45) is 5.73 Å². The molecule has 1 amide bonds. The van der Waals surface area contributed by atoms with E-state index in [0.717, 1.165) is 11.4 Å². The van der Waals surface area contributed by atoms with Crippen LogP contribution in [-0.4, -0.2) is 20.4 Å². The molecule has 110 valence electrons. The molecule has 6 heteroatoms. The van der Waals surface area contributed by atoms with Crippen molar-refractivity contribution in [2.45, 2.75) is 26.3 Å². The zero-order valence-corrected chi connectivity index (χ0v) is 12.9. The quantitative estimate of drug-likeness (QED) is 0.831. The summed E-state index contributed by atoms with van der Waals surface area (Å²) in [6, 6.07) is 7.14. The van der Waals surface area contributed by atoms with Gasteiger partial charge in [-0.1, -0.05) is 26.1 Å². The first-order valence-electron chi connectivity index (χ1n) is 6.68. The molecule has 21 heavy (non-hydrogen) atoms. The second-order valence-corrected chi connectivity index (χ2v) is 5.50. The number of nitrogens with two attached hydrogens (primary N) is 1. The van der Waals surface area contributed by atoms with Crippen molar-refractivity contribution < 1.29 is 4.79 Å². The number of nitrogens with zero attached hydrogens (tertiary/aromatic N) is 2. The van der Waals surface area contributed by atoms with Crippen molar-refractivity contribution in [3.63, 3.8) is 0 Å². The van der Waals surface area contributed by atoms with Gasteiger partial charge in [-0.25, -0.2) is 4.98 Å². The van der Waals surface area contributed by atoms with Crippen molar-refractivity contribution in [3.8, 4) is 0 Å². The summed E-state index contributed by atoms with van der Waals surface area (Å²) in [5, 5.41) is 2.84. The Bertz CT molecular complexity index is 646. The van der Waals surface area contributed by atoms with E-state index in [1.807, 2.05) is 24.6 Å². The predicted octanol–water partition coefficient (Wildman–Crippen LogP) is 2.28. The highest BCUT2D eigenvalue weighted by Crippen LogP contribution is 2.13. The number of amides is 1. The van der Waals surface area contributed by atoms with Gasteiger partial charge < -0.3 is 15.6 Å². The number of thiocarbonyl (C=S) groups is 1. The number of aromatic nitrogens is 2. The predicted molar refractivity (Wildman–Crippen MR) is 87.3 cm³/mol. The summed E-state index contributed by atoms with van der Waals surface area (Å²) in [6.07, 6.45) is 3.52. The molecule has 0 atom stereocenters. The second kappa shape index (κ2) is 6.49. The van der Waals surface area contributed by atoms with Gasteiger partial charge in [-0.15, -0.1) is 0 Å². The van der Waals surface area contributed by atoms with Gasteiger partial charge in [0.2, 0.25) is 5.91 Å². The van der Waals surface area contributed by atoms with E-state index in [2.05, 4.69) is 10.3 Å². The van der Waals surface area contributed by atoms with E-state index in [0.29, 0.717) is 10.7 Å². The fourth-order valence-corrected chi connectivity index (χ4v) is 2.16. The van der Waals surface area contributed by atoms with E-state index >= 15 is 0 Å². The summed E-state index contributed by atoms with van der Waals surface area (Å²) < 4.78 is 1.85. The maximum Gasteiger partial charge on any atom is 0.244 e. The Labute approximate surface area is 129 Å². The Hall–Kier alpha value is -2.21. The third kappa shape index (κ3) is 3.88. The van der Waals surface area contributed by atoms with Crippen LogP contribution in [0.4, 0.5) is 5.69 Å². The molecular formula is C15H18N4OS. The van der Waals surface area contributed by atoms with Crippen LogP contribution in [-0.2, 0) is 11.3 Å². The number of carbonyl (C=O) groups excluding carboxylic acids is 1. The van der Waals surface area contributed by atoms with E-state index in [9.17, 15) is 4.79 Å². The van der Waals surface area contributed by atoms with Crippen molar-refractivity contribution in [2.75, 3.05) is 5.32 Å². The molecule has 0 bridgehead atoms. The Balaban J connectivity index is 2.01. The van der Waals surface area contributed by atoms with E-state index in [1.165, 1.54) is 0 Å². The van der Waals surface area contributed by atoms with Gasteiger partial charge >= 0.3 is 0 Å². The Morgan fingerprint density at radius 3 is 2.62 bits per heavy atom. The standard InChI is InChI=1S/C15H18N4OS/c1-10(2)15-17-7-8-19(15)9-13(20)18-12-5-3-11(4-6-12)14(16)21/h3-8,10H,9H2,1-2H3,(H2,16,21)(H,18,20). The van der Waals surface area contributed by atoms with Gasteiger partial charge in [0, 0.05) is 29.6 Å². The van der Waals surface area contributed by atoms with Crippen LogP contribution in [0.15, 0.2) is 36.7 Å². The van der Waals surface area contributed by atoms with Crippen LogP contribution < -0.4 is 11.1 Å². The molecule has 0 fully saturated rings. The van der Waals surface area contributed by atoms with Crippen molar-refractivity contribution in [1.29, 1.82) is 0 Å². The average Bonchev–Trinajstić information content (AvgIpc) is 2.87. The van der Waals surface area contributed by atoms with E-state index in [4.69, 9.17) is 18.0 Å². The molecule has 1 aromatic carbocycles. The highest BCUT2D eigenvalue weighted by Gasteiger charge is 2.10. The molecule has 5 nitrogen and oxygen atoms in total. The van der Waals surface area contributed by atoms with Crippen molar-refractivity contribution in [1.82, 2.24) is 9.55 Å². The van der Waals surface area contributed by atoms with E-state index in [-0.39, 0.29) is 18.4 Å². The van der Waals surface area contributed by atoms with Crippen LogP contribution >= 0.6 is 12.2 Å². The first-order chi connectivity index (χ1) is 9.97. The Kier molecular flexibility index (Phi) is 4.70. The van der Waals surface area contributed by atoms with Gasteiger partial charge in [-0.2, -0.15) is 0 Å². The van der Waals surface area contributed by atoms with E-state index in [1.54, 1.807) is 30.5 Å². The number of rotatable bonds is 5. The summed E-state index contributed by atoms with van der Waals surface area (Å²) >= 11 is 4.89. The number of hydrogen-bond acceptors (Lipinski definition) is 3. The fraction of sp³-hybridized carbons (Fsp3) is 0.267. The molecule has 2 rings (SSSR count). The van der Waals surface area contributed by atoms with Crippen LogP contribution in [0.25, 0.3) is 0 Å². The SMILES string of the molecule is CC(C)c1nccn1CC(=O)Nc1ccc(C(N)=S)cc1. The average molecular weight is 302 g/mol. The summed E-state index contributed by atoms with van der Waals surface area (Å²) in [4.78, 5) is 16.7. The Morgan fingerprint density at radius 1 is 1.38 bits per heavy atom. The number of benzene rings is 1. The van der Waals surface area contributed by atoms with Gasteiger partial charge in [-0.05, 0) is 24.3 Å². The Morgan fingerprint density at radius 2 is 2.05 bits per heavy atom. The number of nitrogens with one attached hydrogen (secondary N) is 1. The highest BCUT2D eigenvalue weighted by molar-refractivity contribution is 7.80. The van der Waals surface area contributed by atoms with Crippen molar-refractivity contribution >= 4 is 28.8 Å². The zero-order chi connectivity index (χ0) is 15.4. The number of anilines is 1. The molecular weight excluding hydrogens is 284 g/mol. The lowest BCUT2D eigenvalue weighted by molar-refractivity contribution is -0.116. The molecule has 0 aliphatic heterocycles. The molecule has 0 unspecified atom stereocenters. The molecule has 2 aromatic rings. The summed E-state index contributed by atoms with van der Waals surface area (Å²) in [5.74, 6) is 1.07. The fourth-order valence-electron chi connectivity index (χ4n) is 2.03. The monoisotopic (exact) mass is 302 g/mol. The molecule has 0 aliphatic carbocycles. The van der Waals surface area contributed by atoms with Gasteiger partial charge in [0.25, 0.3) is 0 Å². The van der Waals surface area contributed by atoms with Crippen LogP contribution in [0.5, 0.6) is 0 Å². The normalized spacial score (nSPS) is 10.6. The molecule has 0 radical (unpaired) electrons. The first kappa shape index (κ1) is 15.2. The minimum Gasteiger partial charge on any atom is -0.389 e. The van der Waals surface area contributed by atoms with Crippen LogP contribution in [0.1, 0.15) is 31.2 Å².